The van der Waals surface area contributed by atoms with Crippen LogP contribution in [0.4, 0.5) is 8.78 Å². The summed E-state index contributed by atoms with van der Waals surface area (Å²) in [6.45, 7) is 5.00. The molecule has 0 saturated carbocycles. The summed E-state index contributed by atoms with van der Waals surface area (Å²) in [6.07, 6.45) is 0.941. The third-order valence-corrected chi connectivity index (χ3v) is 3.12. The molecule has 0 radical (unpaired) electrons. The van der Waals surface area contributed by atoms with Gasteiger partial charge in [-0.2, -0.15) is 0 Å². The van der Waals surface area contributed by atoms with Crippen LogP contribution in [0.25, 0.3) is 11.1 Å². The lowest BCUT2D eigenvalue weighted by atomic mass is 10.00. The molecule has 2 aromatic rings. The molecule has 0 bridgehead atoms. The molecule has 0 aliphatic carbocycles. The maximum atomic E-state index is 14.0. The fraction of sp³-hybridized carbons (Fsp3) is 0.118. The number of aryl methyl sites for hydroxylation is 1. The molecule has 22 heavy (non-hydrogen) atoms. The first kappa shape index (κ1) is 15.7. The second-order valence-electron chi connectivity index (χ2n) is 4.57. The predicted molar refractivity (Wildman–Crippen MR) is 78.9 cm³/mol. The summed E-state index contributed by atoms with van der Waals surface area (Å²) >= 11 is 0. The minimum atomic E-state index is -0.752. The summed E-state index contributed by atoms with van der Waals surface area (Å²) in [6, 6.07) is 6.85. The summed E-state index contributed by atoms with van der Waals surface area (Å²) in [5.74, 6) is -2.09. The van der Waals surface area contributed by atoms with Gasteiger partial charge in [0.05, 0.1) is 7.11 Å². The van der Waals surface area contributed by atoms with Crippen LogP contribution in [-0.4, -0.2) is 13.1 Å². The smallest absolute Gasteiger partial charge is 0.335 e. The van der Waals surface area contributed by atoms with Crippen molar-refractivity contribution >= 4 is 5.97 Å². The summed E-state index contributed by atoms with van der Waals surface area (Å²) in [5, 5.41) is 0. The third-order valence-electron chi connectivity index (χ3n) is 3.12. The zero-order valence-corrected chi connectivity index (χ0v) is 12.2. The van der Waals surface area contributed by atoms with E-state index in [1.165, 1.54) is 31.4 Å². The fourth-order valence-corrected chi connectivity index (χ4v) is 2.02. The monoisotopic (exact) mass is 304 g/mol. The van der Waals surface area contributed by atoms with Crippen molar-refractivity contribution in [2.45, 2.75) is 6.92 Å². The predicted octanol–water partition coefficient (Wildman–Crippen LogP) is 4.04. The van der Waals surface area contributed by atoms with Crippen molar-refractivity contribution < 1.29 is 23.0 Å². The number of halogens is 2. The zero-order chi connectivity index (χ0) is 16.3. The van der Waals surface area contributed by atoms with Gasteiger partial charge in [0, 0.05) is 6.08 Å². The Labute approximate surface area is 126 Å². The number of rotatable bonds is 4. The van der Waals surface area contributed by atoms with Gasteiger partial charge in [0.2, 0.25) is 0 Å². The van der Waals surface area contributed by atoms with Gasteiger partial charge in [-0.3, -0.25) is 0 Å². The summed E-state index contributed by atoms with van der Waals surface area (Å²) in [5.41, 5.74) is 1.72. The first-order valence-corrected chi connectivity index (χ1v) is 6.44. The molecular weight excluding hydrogens is 290 g/mol. The number of carbonyl (C=O) groups is 1. The maximum Gasteiger partial charge on any atom is 0.335 e. The Morgan fingerprint density at radius 1 is 1.14 bits per heavy atom. The summed E-state index contributed by atoms with van der Waals surface area (Å²) < 4.78 is 37.4. The van der Waals surface area contributed by atoms with Crippen LogP contribution in [0.15, 0.2) is 43.0 Å². The molecule has 114 valence electrons. The Hall–Kier alpha value is -2.69. The average Bonchev–Trinajstić information content (AvgIpc) is 2.51. The van der Waals surface area contributed by atoms with E-state index in [2.05, 4.69) is 6.58 Å². The van der Waals surface area contributed by atoms with E-state index in [0.717, 1.165) is 11.6 Å². The van der Waals surface area contributed by atoms with Crippen LogP contribution in [0, 0.1) is 18.6 Å². The molecule has 0 aliphatic heterocycles. The van der Waals surface area contributed by atoms with E-state index >= 15 is 0 Å². The van der Waals surface area contributed by atoms with Crippen LogP contribution in [0.5, 0.6) is 11.5 Å². The molecule has 0 spiro atoms. The molecule has 2 rings (SSSR count). The molecule has 0 amide bonds. The molecule has 0 fully saturated rings. The number of methoxy groups -OCH3 is 1. The first-order chi connectivity index (χ1) is 10.5. The normalized spacial score (nSPS) is 10.2. The second kappa shape index (κ2) is 6.39. The largest absolute Gasteiger partial charge is 0.494 e. The Morgan fingerprint density at radius 3 is 2.41 bits per heavy atom. The molecule has 5 heteroatoms. The Balaban J connectivity index is 2.42. The van der Waals surface area contributed by atoms with Crippen molar-refractivity contribution in [3.05, 3.63) is 60.2 Å². The molecule has 0 N–H and O–H groups in total. The third kappa shape index (κ3) is 3.14. The van der Waals surface area contributed by atoms with Gasteiger partial charge in [-0.15, -0.1) is 0 Å². The zero-order valence-electron chi connectivity index (χ0n) is 12.2. The molecule has 0 heterocycles. The minimum Gasteiger partial charge on any atom is -0.494 e. The van der Waals surface area contributed by atoms with Crippen LogP contribution < -0.4 is 9.47 Å². The lowest BCUT2D eigenvalue weighted by Crippen LogP contribution is -2.04. The lowest BCUT2D eigenvalue weighted by Gasteiger charge is -2.11. The van der Waals surface area contributed by atoms with E-state index in [-0.39, 0.29) is 11.5 Å². The van der Waals surface area contributed by atoms with Gasteiger partial charge in [0.25, 0.3) is 0 Å². The van der Waals surface area contributed by atoms with E-state index in [4.69, 9.17) is 9.47 Å². The van der Waals surface area contributed by atoms with Crippen LogP contribution in [-0.2, 0) is 4.79 Å². The highest BCUT2D eigenvalue weighted by Gasteiger charge is 2.13. The number of carbonyl (C=O) groups excluding carboxylic acids is 1. The first-order valence-electron chi connectivity index (χ1n) is 6.44. The van der Waals surface area contributed by atoms with Crippen LogP contribution in [0.2, 0.25) is 0 Å². The lowest BCUT2D eigenvalue weighted by molar-refractivity contribution is -0.129. The van der Waals surface area contributed by atoms with E-state index in [0.29, 0.717) is 11.1 Å². The molecule has 3 nitrogen and oxygen atoms in total. The van der Waals surface area contributed by atoms with Gasteiger partial charge in [0.15, 0.2) is 23.1 Å². The van der Waals surface area contributed by atoms with Gasteiger partial charge < -0.3 is 9.47 Å². The maximum absolute atomic E-state index is 14.0. The van der Waals surface area contributed by atoms with Crippen molar-refractivity contribution in [3.8, 4) is 22.6 Å². The van der Waals surface area contributed by atoms with E-state index < -0.39 is 17.6 Å². The standard InChI is InChI=1S/C17H14F2O3/c1-4-17(20)22-15-6-5-11(8-13(15)18)12-9-14(19)16(21-3)7-10(12)2/h4-9H,1H2,2-3H3. The van der Waals surface area contributed by atoms with Gasteiger partial charge in [-0.1, -0.05) is 12.6 Å². The van der Waals surface area contributed by atoms with Crippen molar-refractivity contribution in [1.29, 1.82) is 0 Å². The van der Waals surface area contributed by atoms with Gasteiger partial charge in [-0.25, -0.2) is 13.6 Å². The summed E-state index contributed by atoms with van der Waals surface area (Å²) in [7, 11) is 1.37. The van der Waals surface area contributed by atoms with Crippen molar-refractivity contribution in [1.82, 2.24) is 0 Å². The highest BCUT2D eigenvalue weighted by Crippen LogP contribution is 2.31. The topological polar surface area (TPSA) is 35.5 Å². The quantitative estimate of drug-likeness (QED) is 0.486. The Bertz CT molecular complexity index is 739. The number of hydrogen-bond donors (Lipinski definition) is 0. The molecule has 2 aromatic carbocycles. The molecule has 0 aromatic heterocycles. The highest BCUT2D eigenvalue weighted by atomic mass is 19.1. The fourth-order valence-electron chi connectivity index (χ4n) is 2.02. The van der Waals surface area contributed by atoms with E-state index in [1.54, 1.807) is 13.0 Å². The second-order valence-corrected chi connectivity index (χ2v) is 4.57. The molecule has 0 saturated heterocycles. The van der Waals surface area contributed by atoms with Crippen LogP contribution >= 0.6 is 0 Å². The average molecular weight is 304 g/mol. The number of benzene rings is 2. The molecule has 0 atom stereocenters. The molecular formula is C17H14F2O3. The number of esters is 1. The minimum absolute atomic E-state index is 0.123. The van der Waals surface area contributed by atoms with Crippen molar-refractivity contribution in [3.63, 3.8) is 0 Å². The Morgan fingerprint density at radius 2 is 1.82 bits per heavy atom. The van der Waals surface area contributed by atoms with Crippen molar-refractivity contribution in [2.75, 3.05) is 7.11 Å². The van der Waals surface area contributed by atoms with E-state index in [1.807, 2.05) is 0 Å². The van der Waals surface area contributed by atoms with Gasteiger partial charge in [-0.05, 0) is 47.9 Å². The van der Waals surface area contributed by atoms with Crippen LogP contribution in [0.3, 0.4) is 0 Å². The van der Waals surface area contributed by atoms with Gasteiger partial charge >= 0.3 is 5.97 Å². The van der Waals surface area contributed by atoms with E-state index in [9.17, 15) is 13.6 Å². The van der Waals surface area contributed by atoms with Crippen molar-refractivity contribution in [2.24, 2.45) is 0 Å². The summed E-state index contributed by atoms with van der Waals surface area (Å²) in [4.78, 5) is 11.1. The van der Waals surface area contributed by atoms with Gasteiger partial charge in [0.1, 0.15) is 0 Å². The Kier molecular flexibility index (Phi) is 4.56. The SMILES string of the molecule is C=CC(=O)Oc1ccc(-c2cc(F)c(OC)cc2C)cc1F. The molecule has 0 unspecified atom stereocenters. The highest BCUT2D eigenvalue weighted by molar-refractivity contribution is 5.83. The number of ether oxygens (including phenoxy) is 2. The number of hydrogen-bond acceptors (Lipinski definition) is 3. The molecule has 0 aliphatic rings. The van der Waals surface area contributed by atoms with Crippen LogP contribution in [0.1, 0.15) is 5.56 Å².